The molecule has 134 valence electrons. The highest BCUT2D eigenvalue weighted by Gasteiger charge is 2.18. The summed E-state index contributed by atoms with van der Waals surface area (Å²) < 4.78 is 19.4. The summed E-state index contributed by atoms with van der Waals surface area (Å²) in [5.74, 6) is 0.341. The molecule has 0 atom stereocenters. The Morgan fingerprint density at radius 1 is 1.27 bits per heavy atom. The number of benzene rings is 2. The van der Waals surface area contributed by atoms with Crippen LogP contribution in [0.1, 0.15) is 18.9 Å². The molecule has 0 fully saturated rings. The normalized spacial score (nSPS) is 10.6. The lowest BCUT2D eigenvalue weighted by molar-refractivity contribution is -0.118. The standard InChI is InChI=1S/C18H18FN5O2/c1-3-17(25)24(11-12-5-4-6-16(7-12)26-2)15-9-13(8-14(19)10-15)18-20-22-23-21-18/h4-10H,3,11H2,1-2H3,(H,20,21,22,23). The number of nitrogens with zero attached hydrogens (tertiary/aromatic N) is 4. The van der Waals surface area contributed by atoms with Gasteiger partial charge < -0.3 is 9.64 Å². The fraction of sp³-hybridized carbons (Fsp3) is 0.222. The molecule has 1 heterocycles. The second-order valence-corrected chi connectivity index (χ2v) is 5.62. The first-order valence-corrected chi connectivity index (χ1v) is 8.08. The molecule has 0 saturated heterocycles. The SMILES string of the molecule is CCC(=O)N(Cc1cccc(OC)c1)c1cc(F)cc(-c2nn[nH]n2)c1. The molecule has 7 nitrogen and oxygen atoms in total. The fourth-order valence-electron chi connectivity index (χ4n) is 2.61. The number of tetrazole rings is 1. The number of carbonyl (C=O) groups excluding carboxylic acids is 1. The Balaban J connectivity index is 1.99. The number of nitrogens with one attached hydrogen (secondary N) is 1. The molecule has 0 aliphatic heterocycles. The second kappa shape index (κ2) is 7.73. The molecule has 0 unspecified atom stereocenters. The Morgan fingerprint density at radius 2 is 2.12 bits per heavy atom. The van der Waals surface area contributed by atoms with Crippen molar-refractivity contribution in [3.63, 3.8) is 0 Å². The minimum Gasteiger partial charge on any atom is -0.497 e. The summed E-state index contributed by atoms with van der Waals surface area (Å²) in [7, 11) is 1.58. The van der Waals surface area contributed by atoms with E-state index in [0.717, 1.165) is 5.56 Å². The Morgan fingerprint density at radius 3 is 2.81 bits per heavy atom. The van der Waals surface area contributed by atoms with Gasteiger partial charge in [-0.15, -0.1) is 10.2 Å². The number of aromatic amines is 1. The molecule has 0 bridgehead atoms. The summed E-state index contributed by atoms with van der Waals surface area (Å²) in [4.78, 5) is 14.0. The van der Waals surface area contributed by atoms with Crippen LogP contribution in [0.25, 0.3) is 11.4 Å². The minimum absolute atomic E-state index is 0.127. The molecule has 2 aromatic carbocycles. The van der Waals surface area contributed by atoms with Gasteiger partial charge >= 0.3 is 0 Å². The molecule has 0 aliphatic rings. The molecular weight excluding hydrogens is 337 g/mol. The number of ether oxygens (including phenoxy) is 1. The van der Waals surface area contributed by atoms with Crippen LogP contribution in [0.2, 0.25) is 0 Å². The van der Waals surface area contributed by atoms with Gasteiger partial charge in [0.2, 0.25) is 11.7 Å². The molecule has 26 heavy (non-hydrogen) atoms. The molecule has 1 aromatic heterocycles. The van der Waals surface area contributed by atoms with Gasteiger partial charge in [-0.05, 0) is 41.1 Å². The zero-order valence-corrected chi connectivity index (χ0v) is 14.4. The first-order valence-electron chi connectivity index (χ1n) is 8.08. The lowest BCUT2D eigenvalue weighted by Gasteiger charge is -2.23. The Hall–Kier alpha value is -3.29. The lowest BCUT2D eigenvalue weighted by Crippen LogP contribution is -2.29. The van der Waals surface area contributed by atoms with Crippen LogP contribution in [-0.4, -0.2) is 33.6 Å². The fourth-order valence-corrected chi connectivity index (χ4v) is 2.61. The first kappa shape index (κ1) is 17.5. The number of anilines is 1. The van der Waals surface area contributed by atoms with E-state index in [2.05, 4.69) is 20.6 Å². The summed E-state index contributed by atoms with van der Waals surface area (Å²) in [6.45, 7) is 2.05. The summed E-state index contributed by atoms with van der Waals surface area (Å²) in [6.07, 6.45) is 0.290. The Kier molecular flexibility index (Phi) is 5.21. The number of hydrogen-bond donors (Lipinski definition) is 1. The third-order valence-electron chi connectivity index (χ3n) is 3.88. The van der Waals surface area contributed by atoms with Crippen LogP contribution < -0.4 is 9.64 Å². The van der Waals surface area contributed by atoms with Crippen molar-refractivity contribution in [1.82, 2.24) is 20.6 Å². The third-order valence-corrected chi connectivity index (χ3v) is 3.88. The highest BCUT2D eigenvalue weighted by atomic mass is 19.1. The molecule has 3 rings (SSSR count). The van der Waals surface area contributed by atoms with E-state index in [0.29, 0.717) is 23.5 Å². The smallest absolute Gasteiger partial charge is 0.227 e. The number of aromatic nitrogens is 4. The van der Waals surface area contributed by atoms with Crippen LogP contribution in [-0.2, 0) is 11.3 Å². The van der Waals surface area contributed by atoms with Crippen molar-refractivity contribution in [2.45, 2.75) is 19.9 Å². The van der Waals surface area contributed by atoms with E-state index in [1.165, 1.54) is 17.0 Å². The van der Waals surface area contributed by atoms with Crippen LogP contribution in [0, 0.1) is 5.82 Å². The van der Waals surface area contributed by atoms with E-state index in [1.54, 1.807) is 20.1 Å². The van der Waals surface area contributed by atoms with E-state index in [9.17, 15) is 9.18 Å². The summed E-state index contributed by atoms with van der Waals surface area (Å²) in [5, 5.41) is 13.6. The van der Waals surface area contributed by atoms with Crippen molar-refractivity contribution < 1.29 is 13.9 Å². The van der Waals surface area contributed by atoms with Gasteiger partial charge in [0.05, 0.1) is 13.7 Å². The van der Waals surface area contributed by atoms with Crippen molar-refractivity contribution in [2.24, 2.45) is 0 Å². The van der Waals surface area contributed by atoms with Crippen molar-refractivity contribution in [3.05, 3.63) is 53.8 Å². The largest absolute Gasteiger partial charge is 0.497 e. The van der Waals surface area contributed by atoms with E-state index in [-0.39, 0.29) is 18.2 Å². The number of carbonyl (C=O) groups is 1. The minimum atomic E-state index is -0.484. The van der Waals surface area contributed by atoms with E-state index < -0.39 is 5.82 Å². The van der Waals surface area contributed by atoms with Gasteiger partial charge in [-0.25, -0.2) is 4.39 Å². The van der Waals surface area contributed by atoms with E-state index in [4.69, 9.17) is 4.74 Å². The van der Waals surface area contributed by atoms with Gasteiger partial charge in [0.25, 0.3) is 0 Å². The maximum absolute atomic E-state index is 14.2. The number of methoxy groups -OCH3 is 1. The first-order chi connectivity index (χ1) is 12.6. The predicted octanol–water partition coefficient (Wildman–Crippen LogP) is 2.96. The average molecular weight is 355 g/mol. The van der Waals surface area contributed by atoms with E-state index in [1.807, 2.05) is 24.3 Å². The van der Waals surface area contributed by atoms with Crippen LogP contribution in [0.3, 0.4) is 0 Å². The van der Waals surface area contributed by atoms with Crippen molar-refractivity contribution in [1.29, 1.82) is 0 Å². The number of H-pyrrole nitrogens is 1. The molecule has 3 aromatic rings. The molecule has 0 saturated carbocycles. The van der Waals surface area contributed by atoms with E-state index >= 15 is 0 Å². The van der Waals surface area contributed by atoms with Gasteiger partial charge in [-0.3, -0.25) is 4.79 Å². The molecule has 0 aliphatic carbocycles. The van der Waals surface area contributed by atoms with Gasteiger partial charge in [0, 0.05) is 17.7 Å². The van der Waals surface area contributed by atoms with Crippen molar-refractivity contribution in [2.75, 3.05) is 12.0 Å². The summed E-state index contributed by atoms with van der Waals surface area (Å²) >= 11 is 0. The molecule has 1 amide bonds. The van der Waals surface area contributed by atoms with Crippen LogP contribution in [0.5, 0.6) is 5.75 Å². The predicted molar refractivity (Wildman–Crippen MR) is 94.0 cm³/mol. The number of amides is 1. The molecule has 1 N–H and O–H groups in total. The van der Waals surface area contributed by atoms with Gasteiger partial charge in [-0.1, -0.05) is 19.1 Å². The quantitative estimate of drug-likeness (QED) is 0.735. The molecule has 8 heteroatoms. The zero-order chi connectivity index (χ0) is 18.5. The van der Waals surface area contributed by atoms with Gasteiger partial charge in [0.15, 0.2) is 0 Å². The highest BCUT2D eigenvalue weighted by molar-refractivity contribution is 5.93. The van der Waals surface area contributed by atoms with Gasteiger partial charge in [-0.2, -0.15) is 5.21 Å². The second-order valence-electron chi connectivity index (χ2n) is 5.62. The molecular formula is C18H18FN5O2. The Bertz CT molecular complexity index is 898. The number of hydrogen-bond acceptors (Lipinski definition) is 5. The van der Waals surface area contributed by atoms with Crippen molar-refractivity contribution in [3.8, 4) is 17.1 Å². The van der Waals surface area contributed by atoms with Crippen LogP contribution in [0.15, 0.2) is 42.5 Å². The number of rotatable bonds is 6. The average Bonchev–Trinajstić information content (AvgIpc) is 3.20. The monoisotopic (exact) mass is 355 g/mol. The maximum Gasteiger partial charge on any atom is 0.227 e. The number of halogens is 1. The maximum atomic E-state index is 14.2. The van der Waals surface area contributed by atoms with Gasteiger partial charge in [0.1, 0.15) is 11.6 Å². The third kappa shape index (κ3) is 3.85. The Labute approximate surface area is 149 Å². The topological polar surface area (TPSA) is 84.0 Å². The molecule has 0 radical (unpaired) electrons. The zero-order valence-electron chi connectivity index (χ0n) is 14.4. The highest BCUT2D eigenvalue weighted by Crippen LogP contribution is 2.26. The molecule has 0 spiro atoms. The van der Waals surface area contributed by atoms with Crippen LogP contribution >= 0.6 is 0 Å². The summed E-state index contributed by atoms with van der Waals surface area (Å²) in [6, 6.07) is 11.7. The lowest BCUT2D eigenvalue weighted by atomic mass is 10.1. The van der Waals surface area contributed by atoms with Crippen LogP contribution in [0.4, 0.5) is 10.1 Å². The van der Waals surface area contributed by atoms with Crippen molar-refractivity contribution >= 4 is 11.6 Å². The summed E-state index contributed by atoms with van der Waals surface area (Å²) in [5.41, 5.74) is 1.74.